The van der Waals surface area contributed by atoms with Crippen LogP contribution in [-0.2, 0) is 32.4 Å². The molecule has 2 heterocycles. The average Bonchev–Trinajstić information content (AvgIpc) is 3.22. The molecule has 0 fully saturated rings. The van der Waals surface area contributed by atoms with Crippen molar-refractivity contribution in [1.82, 2.24) is 14.9 Å². The number of nitrogens with one attached hydrogen (secondary N) is 1. The summed E-state index contributed by atoms with van der Waals surface area (Å²) in [5, 5.41) is 4.26. The van der Waals surface area contributed by atoms with Gasteiger partial charge < -0.3 is 10.1 Å². The number of methoxy groups -OCH3 is 1. The number of aromatic nitrogens is 2. The molecule has 1 aliphatic rings. The topological polar surface area (TPSA) is 56.2 Å². The van der Waals surface area contributed by atoms with E-state index < -0.39 is 0 Å². The van der Waals surface area contributed by atoms with Gasteiger partial charge in [0.2, 0.25) is 0 Å². The van der Waals surface area contributed by atoms with Crippen LogP contribution in [0.1, 0.15) is 28.0 Å². The lowest BCUT2D eigenvalue weighted by Gasteiger charge is -2.23. The average molecular weight is 464 g/mol. The number of halogens is 1. The Balaban J connectivity index is 1.31. The fraction of sp³-hybridized carbons (Fsp3) is 0.308. The maximum atomic E-state index is 13.9. The third-order valence-electron chi connectivity index (χ3n) is 6.35. The summed E-state index contributed by atoms with van der Waals surface area (Å²) in [6.45, 7) is 1.08. The minimum atomic E-state index is -0.179. The maximum Gasteiger partial charge on any atom is 0.262 e. The molecule has 1 aliphatic carbocycles. The number of fused-ring (bicyclic) bond motifs is 3. The smallest absolute Gasteiger partial charge is 0.262 e. The van der Waals surface area contributed by atoms with Crippen LogP contribution in [0.2, 0.25) is 0 Å². The highest BCUT2D eigenvalue weighted by Gasteiger charge is 2.25. The van der Waals surface area contributed by atoms with E-state index >= 15 is 0 Å². The Morgan fingerprint density at radius 3 is 2.97 bits per heavy atom. The van der Waals surface area contributed by atoms with Gasteiger partial charge in [0.05, 0.1) is 18.8 Å². The molecule has 2 aromatic carbocycles. The molecule has 0 bridgehead atoms. The summed E-state index contributed by atoms with van der Waals surface area (Å²) in [7, 11) is 1.65. The molecule has 1 N–H and O–H groups in total. The predicted molar refractivity (Wildman–Crippen MR) is 130 cm³/mol. The standard InChI is InChI=1S/C26H26FN3O2S/c1-32-20-7-4-5-17(13-20)11-12-30-16-29-25-24(26(30)31)21-10-9-19(14-23(21)33-25)28-15-18-6-2-3-8-22(18)27/h2-8,13,16,19,28H,9-12,14-15H2,1H3. The van der Waals surface area contributed by atoms with Crippen molar-refractivity contribution in [2.75, 3.05) is 7.11 Å². The van der Waals surface area contributed by atoms with E-state index in [1.54, 1.807) is 35.4 Å². The molecule has 0 spiro atoms. The van der Waals surface area contributed by atoms with E-state index in [1.165, 1.54) is 10.9 Å². The Bertz CT molecular complexity index is 1350. The van der Waals surface area contributed by atoms with Crippen LogP contribution in [0, 0.1) is 5.82 Å². The molecule has 5 nitrogen and oxygen atoms in total. The van der Waals surface area contributed by atoms with Gasteiger partial charge in [0.25, 0.3) is 5.56 Å². The number of thiophene rings is 1. The summed E-state index contributed by atoms with van der Waals surface area (Å²) in [6.07, 6.45) is 5.00. The summed E-state index contributed by atoms with van der Waals surface area (Å²) < 4.78 is 20.9. The number of ether oxygens (including phenoxy) is 1. The molecule has 0 aliphatic heterocycles. The Labute approximate surface area is 195 Å². The van der Waals surface area contributed by atoms with Crippen molar-refractivity contribution < 1.29 is 9.13 Å². The first-order valence-electron chi connectivity index (χ1n) is 11.2. The highest BCUT2D eigenvalue weighted by molar-refractivity contribution is 7.18. The van der Waals surface area contributed by atoms with Crippen molar-refractivity contribution in [3.63, 3.8) is 0 Å². The van der Waals surface area contributed by atoms with Gasteiger partial charge in [0, 0.05) is 29.6 Å². The van der Waals surface area contributed by atoms with Gasteiger partial charge in [-0.25, -0.2) is 9.37 Å². The highest BCUT2D eigenvalue weighted by atomic mass is 32.1. The second-order valence-electron chi connectivity index (χ2n) is 8.44. The van der Waals surface area contributed by atoms with E-state index in [0.717, 1.165) is 52.8 Å². The van der Waals surface area contributed by atoms with Gasteiger partial charge in [0.1, 0.15) is 16.4 Å². The molecule has 1 unspecified atom stereocenters. The van der Waals surface area contributed by atoms with E-state index in [9.17, 15) is 9.18 Å². The van der Waals surface area contributed by atoms with E-state index in [1.807, 2.05) is 36.4 Å². The molecule has 4 aromatic rings. The predicted octanol–water partition coefficient (Wildman–Crippen LogP) is 4.50. The molecule has 7 heteroatoms. The van der Waals surface area contributed by atoms with Crippen LogP contribution < -0.4 is 15.6 Å². The first-order valence-corrected chi connectivity index (χ1v) is 12.0. The molecular formula is C26H26FN3O2S. The van der Waals surface area contributed by atoms with Crippen LogP contribution in [0.5, 0.6) is 5.75 Å². The zero-order valence-corrected chi connectivity index (χ0v) is 19.3. The summed E-state index contributed by atoms with van der Waals surface area (Å²) in [6, 6.07) is 15.1. The van der Waals surface area contributed by atoms with Gasteiger partial charge in [-0.15, -0.1) is 11.3 Å². The summed E-state index contributed by atoms with van der Waals surface area (Å²) >= 11 is 1.62. The van der Waals surface area contributed by atoms with Crippen LogP contribution in [-0.4, -0.2) is 22.7 Å². The Morgan fingerprint density at radius 2 is 2.12 bits per heavy atom. The molecule has 0 amide bonds. The lowest BCUT2D eigenvalue weighted by Crippen LogP contribution is -2.34. The third-order valence-corrected chi connectivity index (χ3v) is 7.51. The lowest BCUT2D eigenvalue weighted by atomic mass is 9.93. The second kappa shape index (κ2) is 9.45. The molecule has 0 radical (unpaired) electrons. The normalized spacial score (nSPS) is 15.5. The van der Waals surface area contributed by atoms with Crippen LogP contribution in [0.3, 0.4) is 0 Å². The molecule has 0 saturated heterocycles. The molecular weight excluding hydrogens is 437 g/mol. The van der Waals surface area contributed by atoms with Crippen molar-refractivity contribution in [1.29, 1.82) is 0 Å². The molecule has 170 valence electrons. The SMILES string of the molecule is COc1cccc(CCn2cnc3sc4c(c3c2=O)CCC(NCc2ccccc2F)C4)c1. The van der Waals surface area contributed by atoms with Crippen molar-refractivity contribution in [3.8, 4) is 5.75 Å². The monoisotopic (exact) mass is 463 g/mol. The fourth-order valence-corrected chi connectivity index (χ4v) is 5.77. The largest absolute Gasteiger partial charge is 0.497 e. The Kier molecular flexibility index (Phi) is 6.24. The molecule has 1 atom stereocenters. The number of aryl methyl sites for hydroxylation is 3. The van der Waals surface area contributed by atoms with Crippen molar-refractivity contribution in [2.24, 2.45) is 0 Å². The molecule has 5 rings (SSSR count). The number of benzene rings is 2. The minimum absolute atomic E-state index is 0.0400. The number of hydrogen-bond acceptors (Lipinski definition) is 5. The molecule has 33 heavy (non-hydrogen) atoms. The number of rotatable bonds is 7. The van der Waals surface area contributed by atoms with E-state index in [2.05, 4.69) is 10.3 Å². The summed E-state index contributed by atoms with van der Waals surface area (Å²) in [4.78, 5) is 19.9. The van der Waals surface area contributed by atoms with Crippen LogP contribution in [0.4, 0.5) is 4.39 Å². The Hall–Kier alpha value is -3.03. The van der Waals surface area contributed by atoms with Crippen LogP contribution in [0.15, 0.2) is 59.7 Å². The minimum Gasteiger partial charge on any atom is -0.497 e. The van der Waals surface area contributed by atoms with Crippen molar-refractivity contribution >= 4 is 21.6 Å². The van der Waals surface area contributed by atoms with Gasteiger partial charge in [-0.2, -0.15) is 0 Å². The first-order chi connectivity index (χ1) is 16.1. The van der Waals surface area contributed by atoms with Gasteiger partial charge in [-0.3, -0.25) is 9.36 Å². The highest BCUT2D eigenvalue weighted by Crippen LogP contribution is 2.33. The second-order valence-corrected chi connectivity index (χ2v) is 9.52. The van der Waals surface area contributed by atoms with Crippen LogP contribution >= 0.6 is 11.3 Å². The fourth-order valence-electron chi connectivity index (χ4n) is 4.51. The first kappa shape index (κ1) is 21.8. The van der Waals surface area contributed by atoms with E-state index in [-0.39, 0.29) is 17.4 Å². The number of hydrogen-bond donors (Lipinski definition) is 1. The quantitative estimate of drug-likeness (QED) is 0.439. The van der Waals surface area contributed by atoms with Gasteiger partial charge >= 0.3 is 0 Å². The van der Waals surface area contributed by atoms with Crippen molar-refractivity contribution in [2.45, 2.75) is 44.8 Å². The van der Waals surface area contributed by atoms with Gasteiger partial charge in [0.15, 0.2) is 0 Å². The molecule has 0 saturated carbocycles. The zero-order chi connectivity index (χ0) is 22.8. The number of nitrogens with zero attached hydrogens (tertiary/aromatic N) is 2. The van der Waals surface area contributed by atoms with Gasteiger partial charge in [-0.05, 0) is 55.0 Å². The van der Waals surface area contributed by atoms with Crippen molar-refractivity contribution in [3.05, 3.63) is 92.6 Å². The lowest BCUT2D eigenvalue weighted by molar-refractivity contribution is 0.414. The summed E-state index contributed by atoms with van der Waals surface area (Å²) in [5.74, 6) is 0.639. The Morgan fingerprint density at radius 1 is 1.24 bits per heavy atom. The van der Waals surface area contributed by atoms with Crippen LogP contribution in [0.25, 0.3) is 10.2 Å². The van der Waals surface area contributed by atoms with E-state index in [0.29, 0.717) is 18.7 Å². The van der Waals surface area contributed by atoms with Gasteiger partial charge in [-0.1, -0.05) is 30.3 Å². The zero-order valence-electron chi connectivity index (χ0n) is 18.5. The summed E-state index contributed by atoms with van der Waals surface area (Å²) in [5.41, 5.74) is 2.99. The molecule has 2 aromatic heterocycles. The third kappa shape index (κ3) is 4.56. The van der Waals surface area contributed by atoms with E-state index in [4.69, 9.17) is 4.74 Å². The maximum absolute atomic E-state index is 13.9.